The summed E-state index contributed by atoms with van der Waals surface area (Å²) in [5.74, 6) is 0.380. The summed E-state index contributed by atoms with van der Waals surface area (Å²) in [5.41, 5.74) is 1.32. The maximum atomic E-state index is 12.9. The molecule has 0 radical (unpaired) electrons. The molecule has 0 saturated carbocycles. The van der Waals surface area contributed by atoms with Crippen LogP contribution < -0.4 is 21.0 Å². The highest BCUT2D eigenvalue weighted by molar-refractivity contribution is 7.80. The molecule has 0 atom stereocenters. The molecular weight excluding hydrogens is 326 g/mol. The van der Waals surface area contributed by atoms with Crippen LogP contribution in [0.3, 0.4) is 0 Å². The van der Waals surface area contributed by atoms with Gasteiger partial charge in [0.2, 0.25) is 0 Å². The number of thiol groups is 1. The largest absolute Gasteiger partial charge is 0.497 e. The first-order valence-electron chi connectivity index (χ1n) is 7.53. The summed E-state index contributed by atoms with van der Waals surface area (Å²) in [6, 6.07) is 7.13. The van der Waals surface area contributed by atoms with E-state index in [1.807, 2.05) is 26.0 Å². The van der Waals surface area contributed by atoms with Gasteiger partial charge in [0.1, 0.15) is 5.75 Å². The minimum atomic E-state index is -0.324. The van der Waals surface area contributed by atoms with Gasteiger partial charge in [0.15, 0.2) is 10.6 Å². The van der Waals surface area contributed by atoms with Crippen molar-refractivity contribution in [1.82, 2.24) is 9.55 Å². The van der Waals surface area contributed by atoms with Crippen LogP contribution in [0.15, 0.2) is 39.2 Å². The number of carbonyl (C=O) groups is 1. The number of ether oxygens (including phenoxy) is 1. The predicted octanol–water partition coefficient (Wildman–Crippen LogP) is 0.870. The number of methoxy groups -OCH3 is 1. The fourth-order valence-electron chi connectivity index (χ4n) is 2.76. The summed E-state index contributed by atoms with van der Waals surface area (Å²) in [4.78, 5) is 33.1. The van der Waals surface area contributed by atoms with E-state index in [0.29, 0.717) is 16.5 Å². The summed E-state index contributed by atoms with van der Waals surface area (Å²) in [6.07, 6.45) is 0.0697. The van der Waals surface area contributed by atoms with Crippen molar-refractivity contribution < 1.29 is 9.53 Å². The van der Waals surface area contributed by atoms with E-state index in [0.717, 1.165) is 5.56 Å². The SMILES string of the molecule is COc1ccc(C2=c3c(nc(S)n(C(C)C)c3=O)=NC(=O)C2)cc1. The zero-order valence-corrected chi connectivity index (χ0v) is 14.5. The van der Waals surface area contributed by atoms with E-state index < -0.39 is 0 Å². The van der Waals surface area contributed by atoms with Crippen LogP contribution in [-0.4, -0.2) is 22.6 Å². The molecule has 0 bridgehead atoms. The molecule has 1 aliphatic heterocycles. The lowest BCUT2D eigenvalue weighted by atomic mass is 9.99. The third-order valence-corrected chi connectivity index (χ3v) is 4.21. The Hall–Kier alpha value is -2.41. The smallest absolute Gasteiger partial charge is 0.264 e. The van der Waals surface area contributed by atoms with Crippen LogP contribution in [-0.2, 0) is 4.79 Å². The van der Waals surface area contributed by atoms with Crippen LogP contribution in [0, 0.1) is 0 Å². The van der Waals surface area contributed by atoms with E-state index >= 15 is 0 Å². The summed E-state index contributed by atoms with van der Waals surface area (Å²) in [7, 11) is 1.58. The Balaban J connectivity index is 2.40. The van der Waals surface area contributed by atoms with Crippen molar-refractivity contribution in [2.75, 3.05) is 7.11 Å². The van der Waals surface area contributed by atoms with Crippen LogP contribution >= 0.6 is 12.6 Å². The van der Waals surface area contributed by atoms with Crippen molar-refractivity contribution >= 4 is 24.1 Å². The molecule has 0 fully saturated rings. The molecule has 2 heterocycles. The second-order valence-corrected chi connectivity index (χ2v) is 6.17. The molecule has 0 unspecified atom stereocenters. The number of fused-ring (bicyclic) bond motifs is 1. The first-order chi connectivity index (χ1) is 11.4. The van der Waals surface area contributed by atoms with E-state index in [1.165, 1.54) is 4.57 Å². The molecule has 7 heteroatoms. The Labute approximate surface area is 143 Å². The minimum Gasteiger partial charge on any atom is -0.497 e. The lowest BCUT2D eigenvalue weighted by Crippen LogP contribution is -2.51. The average Bonchev–Trinajstić information content (AvgIpc) is 2.53. The van der Waals surface area contributed by atoms with Crippen LogP contribution in [0.4, 0.5) is 0 Å². The maximum absolute atomic E-state index is 12.9. The zero-order chi connectivity index (χ0) is 17.4. The fourth-order valence-corrected chi connectivity index (χ4v) is 3.17. The van der Waals surface area contributed by atoms with Crippen molar-refractivity contribution in [3.05, 3.63) is 50.9 Å². The molecule has 1 aromatic carbocycles. The van der Waals surface area contributed by atoms with Gasteiger partial charge >= 0.3 is 0 Å². The van der Waals surface area contributed by atoms with Crippen LogP contribution in [0.5, 0.6) is 5.75 Å². The third kappa shape index (κ3) is 2.75. The zero-order valence-electron chi connectivity index (χ0n) is 13.6. The Morgan fingerprint density at radius 3 is 2.46 bits per heavy atom. The molecule has 2 aromatic rings. The highest BCUT2D eigenvalue weighted by atomic mass is 32.1. The lowest BCUT2D eigenvalue weighted by molar-refractivity contribution is -0.117. The van der Waals surface area contributed by atoms with Crippen LogP contribution in [0.1, 0.15) is 31.9 Å². The second-order valence-electron chi connectivity index (χ2n) is 5.77. The molecule has 6 nitrogen and oxygen atoms in total. The molecule has 0 N–H and O–H groups in total. The van der Waals surface area contributed by atoms with Gasteiger partial charge < -0.3 is 4.74 Å². The number of hydrogen-bond donors (Lipinski definition) is 1. The van der Waals surface area contributed by atoms with Gasteiger partial charge in [-0.15, -0.1) is 12.6 Å². The van der Waals surface area contributed by atoms with Crippen molar-refractivity contribution in [2.24, 2.45) is 4.99 Å². The number of aromatic nitrogens is 2. The Bertz CT molecular complexity index is 991. The standard InChI is InChI=1S/C17H17N3O3S/c1-9(2)20-16(22)14-12(10-4-6-11(23-3)7-5-10)8-13(21)18-15(14)19-17(20)24/h4-7,9H,8H2,1-3H3,(H,18,19,21,24). The first-order valence-corrected chi connectivity index (χ1v) is 7.97. The number of rotatable bonds is 3. The number of hydrogen-bond acceptors (Lipinski definition) is 5. The van der Waals surface area contributed by atoms with E-state index in [9.17, 15) is 9.59 Å². The average molecular weight is 343 g/mol. The minimum absolute atomic E-state index is 0.0697. The molecule has 1 amide bonds. The highest BCUT2D eigenvalue weighted by Gasteiger charge is 2.20. The molecule has 24 heavy (non-hydrogen) atoms. The van der Waals surface area contributed by atoms with E-state index in [1.54, 1.807) is 19.2 Å². The maximum Gasteiger partial charge on any atom is 0.264 e. The second kappa shape index (κ2) is 6.24. The molecule has 1 aliphatic rings. The van der Waals surface area contributed by atoms with E-state index in [2.05, 4.69) is 22.6 Å². The topological polar surface area (TPSA) is 73.6 Å². The fraction of sp³-hybridized carbons (Fsp3) is 0.294. The van der Waals surface area contributed by atoms with E-state index in [-0.39, 0.29) is 34.6 Å². The van der Waals surface area contributed by atoms with Crippen molar-refractivity contribution in [3.63, 3.8) is 0 Å². The molecular formula is C17H17N3O3S. The summed E-state index contributed by atoms with van der Waals surface area (Å²) in [5, 5.41) is 0.618. The van der Waals surface area contributed by atoms with Gasteiger partial charge in [-0.05, 0) is 37.1 Å². The van der Waals surface area contributed by atoms with Gasteiger partial charge in [0.25, 0.3) is 11.5 Å². The Kier molecular flexibility index (Phi) is 4.28. The van der Waals surface area contributed by atoms with Gasteiger partial charge in [-0.3, -0.25) is 14.2 Å². The summed E-state index contributed by atoms with van der Waals surface area (Å²) in [6.45, 7) is 3.76. The molecule has 0 spiro atoms. The molecule has 1 aromatic heterocycles. The first kappa shape index (κ1) is 16.4. The van der Waals surface area contributed by atoms with Gasteiger partial charge in [-0.2, -0.15) is 4.99 Å². The van der Waals surface area contributed by atoms with Crippen molar-refractivity contribution in [2.45, 2.75) is 31.5 Å². The van der Waals surface area contributed by atoms with Gasteiger partial charge in [-0.1, -0.05) is 12.1 Å². The normalized spacial score (nSPS) is 13.7. The summed E-state index contributed by atoms with van der Waals surface area (Å²) >= 11 is 4.27. The van der Waals surface area contributed by atoms with Gasteiger partial charge in [-0.25, -0.2) is 4.98 Å². The van der Waals surface area contributed by atoms with Crippen molar-refractivity contribution in [1.29, 1.82) is 0 Å². The number of nitrogens with zero attached hydrogens (tertiary/aromatic N) is 3. The Morgan fingerprint density at radius 2 is 1.88 bits per heavy atom. The third-order valence-electron chi connectivity index (χ3n) is 3.89. The predicted molar refractivity (Wildman–Crippen MR) is 92.0 cm³/mol. The van der Waals surface area contributed by atoms with Crippen molar-refractivity contribution in [3.8, 4) is 5.75 Å². The lowest BCUT2D eigenvalue weighted by Gasteiger charge is -2.15. The highest BCUT2D eigenvalue weighted by Crippen LogP contribution is 2.20. The number of amides is 1. The van der Waals surface area contributed by atoms with Gasteiger partial charge in [0.05, 0.1) is 18.7 Å². The number of benzene rings is 1. The van der Waals surface area contributed by atoms with Gasteiger partial charge in [0, 0.05) is 6.04 Å². The molecule has 3 rings (SSSR count). The van der Waals surface area contributed by atoms with Crippen LogP contribution in [0.25, 0.3) is 5.57 Å². The molecule has 124 valence electrons. The Morgan fingerprint density at radius 1 is 1.21 bits per heavy atom. The molecule has 0 aliphatic carbocycles. The molecule has 0 saturated heterocycles. The van der Waals surface area contributed by atoms with E-state index in [4.69, 9.17) is 4.74 Å². The van der Waals surface area contributed by atoms with Crippen LogP contribution in [0.2, 0.25) is 0 Å². The number of carbonyl (C=O) groups excluding carboxylic acids is 1. The quantitative estimate of drug-likeness (QED) is 0.663. The summed E-state index contributed by atoms with van der Waals surface area (Å²) < 4.78 is 6.65. The monoisotopic (exact) mass is 343 g/mol.